The zero-order valence-electron chi connectivity index (χ0n) is 18.8. The second-order valence-electron chi connectivity index (χ2n) is 9.14. The van der Waals surface area contributed by atoms with Crippen LogP contribution in [0.5, 0.6) is 0 Å². The van der Waals surface area contributed by atoms with Gasteiger partial charge in [-0.25, -0.2) is 14.6 Å². The molecule has 0 bridgehead atoms. The van der Waals surface area contributed by atoms with Gasteiger partial charge in [-0.1, -0.05) is 44.2 Å². The van der Waals surface area contributed by atoms with E-state index in [0.29, 0.717) is 38.8 Å². The predicted octanol–water partition coefficient (Wildman–Crippen LogP) is 3.53. The van der Waals surface area contributed by atoms with Gasteiger partial charge in [-0.3, -0.25) is 9.80 Å². The molecule has 1 aromatic carbocycles. The lowest BCUT2D eigenvalue weighted by atomic mass is 10.0. The van der Waals surface area contributed by atoms with Crippen molar-refractivity contribution in [2.24, 2.45) is 5.92 Å². The fraction of sp³-hybridized carbons (Fsp3) is 0.609. The molecular formula is C23H35N3O4. The summed E-state index contributed by atoms with van der Waals surface area (Å²) in [7, 11) is 0. The molecule has 7 heteroatoms. The summed E-state index contributed by atoms with van der Waals surface area (Å²) in [6.07, 6.45) is 2.14. The van der Waals surface area contributed by atoms with E-state index in [1.54, 1.807) is 20.8 Å². The first kappa shape index (κ1) is 23.7. The molecule has 1 atom stereocenters. The van der Waals surface area contributed by atoms with Crippen LogP contribution in [-0.2, 0) is 20.7 Å². The Hall–Kier alpha value is -2.57. The second-order valence-corrected chi connectivity index (χ2v) is 9.14. The predicted molar refractivity (Wildman–Crippen MR) is 115 cm³/mol. The molecule has 1 fully saturated rings. The third-order valence-corrected chi connectivity index (χ3v) is 4.72. The van der Waals surface area contributed by atoms with Gasteiger partial charge in [-0.05, 0) is 51.5 Å². The second kappa shape index (κ2) is 10.5. The van der Waals surface area contributed by atoms with Crippen LogP contribution in [0.2, 0.25) is 0 Å². The van der Waals surface area contributed by atoms with E-state index in [0.717, 1.165) is 5.56 Å². The van der Waals surface area contributed by atoms with Crippen molar-refractivity contribution in [1.82, 2.24) is 15.3 Å². The number of hydrazine groups is 1. The van der Waals surface area contributed by atoms with Crippen molar-refractivity contribution in [2.45, 2.75) is 71.9 Å². The normalized spacial score (nSPS) is 15.3. The van der Waals surface area contributed by atoms with E-state index in [1.165, 1.54) is 10.0 Å². The first-order valence-corrected chi connectivity index (χ1v) is 10.7. The lowest BCUT2D eigenvalue weighted by Crippen LogP contribution is -2.54. The molecule has 1 N–H and O–H groups in total. The summed E-state index contributed by atoms with van der Waals surface area (Å²) in [5, 5.41) is 5.71. The number of hydrogen-bond donors (Lipinski definition) is 1. The van der Waals surface area contributed by atoms with Gasteiger partial charge < -0.3 is 10.1 Å². The molecule has 3 amide bonds. The van der Waals surface area contributed by atoms with Gasteiger partial charge in [0.15, 0.2) is 0 Å². The standard InChI is InChI=1S/C23H35N3O4/c1-17(2)16-19(21(28)30-23(3,4)5)24-22(29)26-15-9-14-25(26)20(27)13-12-18-10-7-6-8-11-18/h6-8,10-11,17,19H,9,12-16H2,1-5H3,(H,24,29)/t19-/m0/s1. The summed E-state index contributed by atoms with van der Waals surface area (Å²) >= 11 is 0. The largest absolute Gasteiger partial charge is 0.458 e. The van der Waals surface area contributed by atoms with E-state index in [9.17, 15) is 14.4 Å². The maximum atomic E-state index is 12.9. The van der Waals surface area contributed by atoms with Crippen molar-refractivity contribution < 1.29 is 19.1 Å². The lowest BCUT2D eigenvalue weighted by molar-refractivity contribution is -0.157. The van der Waals surface area contributed by atoms with Gasteiger partial charge in [0.1, 0.15) is 11.6 Å². The minimum atomic E-state index is -0.751. The van der Waals surface area contributed by atoms with E-state index in [1.807, 2.05) is 44.2 Å². The maximum absolute atomic E-state index is 12.9. The van der Waals surface area contributed by atoms with Crippen LogP contribution in [0.25, 0.3) is 0 Å². The van der Waals surface area contributed by atoms with Crippen LogP contribution in [0.4, 0.5) is 4.79 Å². The number of esters is 1. The molecule has 1 aliphatic rings. The third kappa shape index (κ3) is 7.35. The SMILES string of the molecule is CC(C)C[C@H](NC(=O)N1CCCN1C(=O)CCc1ccccc1)C(=O)OC(C)(C)C. The number of rotatable bonds is 7. The minimum Gasteiger partial charge on any atom is -0.458 e. The maximum Gasteiger partial charge on any atom is 0.337 e. The number of urea groups is 1. The summed E-state index contributed by atoms with van der Waals surface area (Å²) in [5.74, 6) is -0.347. The zero-order valence-corrected chi connectivity index (χ0v) is 18.8. The number of benzene rings is 1. The number of aryl methyl sites for hydroxylation is 1. The first-order valence-electron chi connectivity index (χ1n) is 10.7. The average Bonchev–Trinajstić information content (AvgIpc) is 3.14. The molecule has 0 unspecified atom stereocenters. The molecule has 30 heavy (non-hydrogen) atoms. The van der Waals surface area contributed by atoms with Crippen molar-refractivity contribution in [3.05, 3.63) is 35.9 Å². The molecule has 0 aliphatic carbocycles. The Bertz CT molecular complexity index is 728. The van der Waals surface area contributed by atoms with Crippen molar-refractivity contribution in [3.63, 3.8) is 0 Å². The molecule has 0 saturated carbocycles. The highest BCUT2D eigenvalue weighted by atomic mass is 16.6. The number of carbonyl (C=O) groups excluding carboxylic acids is 3. The molecule has 0 spiro atoms. The van der Waals surface area contributed by atoms with Crippen molar-refractivity contribution >= 4 is 17.9 Å². The molecule has 166 valence electrons. The van der Waals surface area contributed by atoms with Gasteiger partial charge in [0.2, 0.25) is 5.91 Å². The number of nitrogens with zero attached hydrogens (tertiary/aromatic N) is 2. The van der Waals surface area contributed by atoms with Gasteiger partial charge in [0.05, 0.1) is 0 Å². The van der Waals surface area contributed by atoms with Crippen LogP contribution in [-0.4, -0.2) is 52.7 Å². The molecule has 7 nitrogen and oxygen atoms in total. The van der Waals surface area contributed by atoms with Crippen molar-refractivity contribution in [1.29, 1.82) is 0 Å². The van der Waals surface area contributed by atoms with Gasteiger partial charge in [0, 0.05) is 19.5 Å². The summed E-state index contributed by atoms with van der Waals surface area (Å²) in [5.41, 5.74) is 0.451. The van der Waals surface area contributed by atoms with Gasteiger partial charge in [-0.15, -0.1) is 0 Å². The molecule has 1 saturated heterocycles. The van der Waals surface area contributed by atoms with Gasteiger partial charge in [0.25, 0.3) is 0 Å². The van der Waals surface area contributed by atoms with Crippen molar-refractivity contribution in [2.75, 3.05) is 13.1 Å². The molecule has 1 aromatic rings. The van der Waals surface area contributed by atoms with Crippen LogP contribution in [0.1, 0.15) is 59.4 Å². The molecular weight excluding hydrogens is 382 g/mol. The Labute approximate surface area is 179 Å². The van der Waals surface area contributed by atoms with Crippen LogP contribution >= 0.6 is 0 Å². The quantitative estimate of drug-likeness (QED) is 0.689. The molecule has 1 aliphatic heterocycles. The summed E-state index contributed by atoms with van der Waals surface area (Å²) in [6.45, 7) is 10.3. The van der Waals surface area contributed by atoms with E-state index in [2.05, 4.69) is 5.32 Å². The lowest BCUT2D eigenvalue weighted by Gasteiger charge is -2.31. The number of amides is 3. The van der Waals surface area contributed by atoms with Crippen LogP contribution in [0.3, 0.4) is 0 Å². The number of hydrogen-bond acceptors (Lipinski definition) is 4. The monoisotopic (exact) mass is 417 g/mol. The fourth-order valence-corrected chi connectivity index (χ4v) is 3.39. The molecule has 2 rings (SSSR count). The topological polar surface area (TPSA) is 79.0 Å². The Morgan fingerprint density at radius 3 is 2.30 bits per heavy atom. The van der Waals surface area contributed by atoms with Crippen LogP contribution in [0.15, 0.2) is 30.3 Å². The van der Waals surface area contributed by atoms with Gasteiger partial charge in [-0.2, -0.15) is 0 Å². The van der Waals surface area contributed by atoms with Crippen LogP contribution < -0.4 is 5.32 Å². The summed E-state index contributed by atoms with van der Waals surface area (Å²) < 4.78 is 5.47. The molecule has 0 aromatic heterocycles. The smallest absolute Gasteiger partial charge is 0.337 e. The Balaban J connectivity index is 1.99. The zero-order chi connectivity index (χ0) is 22.3. The van der Waals surface area contributed by atoms with E-state index in [4.69, 9.17) is 4.74 Å². The molecule has 0 radical (unpaired) electrons. The fourth-order valence-electron chi connectivity index (χ4n) is 3.39. The average molecular weight is 418 g/mol. The highest BCUT2D eigenvalue weighted by Crippen LogP contribution is 2.17. The van der Waals surface area contributed by atoms with E-state index in [-0.39, 0.29) is 11.8 Å². The van der Waals surface area contributed by atoms with Crippen LogP contribution in [0, 0.1) is 5.92 Å². The number of nitrogens with one attached hydrogen (secondary N) is 1. The highest BCUT2D eigenvalue weighted by molar-refractivity contribution is 5.86. The van der Waals surface area contributed by atoms with Crippen molar-refractivity contribution in [3.8, 4) is 0 Å². The highest BCUT2D eigenvalue weighted by Gasteiger charge is 2.34. The third-order valence-electron chi connectivity index (χ3n) is 4.72. The Kier molecular flexibility index (Phi) is 8.26. The minimum absolute atomic E-state index is 0.0934. The number of carbonyl (C=O) groups is 3. The molecule has 1 heterocycles. The first-order chi connectivity index (χ1) is 14.1. The van der Waals surface area contributed by atoms with E-state index < -0.39 is 23.6 Å². The number of ether oxygens (including phenoxy) is 1. The summed E-state index contributed by atoms with van der Waals surface area (Å²) in [6, 6.07) is 8.62. The summed E-state index contributed by atoms with van der Waals surface area (Å²) in [4.78, 5) is 38.2. The van der Waals surface area contributed by atoms with Gasteiger partial charge >= 0.3 is 12.0 Å². The Morgan fingerprint density at radius 2 is 1.70 bits per heavy atom. The Morgan fingerprint density at radius 1 is 1.07 bits per heavy atom. The van der Waals surface area contributed by atoms with E-state index >= 15 is 0 Å².